The fraction of sp³-hybridized carbons (Fsp3) is 0.625. The summed E-state index contributed by atoms with van der Waals surface area (Å²) in [4.78, 5) is 5.01. The van der Waals surface area contributed by atoms with Crippen molar-refractivity contribution in [2.24, 2.45) is 0 Å². The van der Waals surface area contributed by atoms with Crippen LogP contribution in [0, 0.1) is 6.92 Å². The molecule has 1 aromatic carbocycles. The van der Waals surface area contributed by atoms with Crippen molar-refractivity contribution in [3.8, 4) is 5.75 Å². The molecule has 5 heteroatoms. The highest BCUT2D eigenvalue weighted by molar-refractivity contribution is 9.10. The van der Waals surface area contributed by atoms with Crippen LogP contribution in [-0.2, 0) is 0 Å². The average Bonchev–Trinajstić information content (AvgIpc) is 2.46. The molecular weight excluding hydrogens is 352 g/mol. The molecule has 0 spiro atoms. The number of hydrogen-bond acceptors (Lipinski definition) is 3. The van der Waals surface area contributed by atoms with E-state index in [1.807, 2.05) is 19.1 Å². The van der Waals surface area contributed by atoms with Gasteiger partial charge in [-0.2, -0.15) is 0 Å². The number of likely N-dealkylation sites (N-methyl/N-ethyl adjacent to an activating group) is 1. The molecule has 118 valence electrons. The Bertz CT molecular complexity index is 439. The number of aryl methyl sites for hydroxylation is 1. The number of hydrogen-bond donors (Lipinski definition) is 0. The SMILES string of the molecule is CCN1CCN(CCCOc2c(Cl)cc(C)cc2Br)CC1. The van der Waals surface area contributed by atoms with E-state index in [0.29, 0.717) is 11.6 Å². The molecule has 21 heavy (non-hydrogen) atoms. The van der Waals surface area contributed by atoms with E-state index in [1.165, 1.54) is 26.2 Å². The van der Waals surface area contributed by atoms with Gasteiger partial charge in [0.25, 0.3) is 0 Å². The molecule has 3 nitrogen and oxygen atoms in total. The van der Waals surface area contributed by atoms with E-state index in [0.717, 1.165) is 35.3 Å². The lowest BCUT2D eigenvalue weighted by Crippen LogP contribution is -2.46. The summed E-state index contributed by atoms with van der Waals surface area (Å²) < 4.78 is 6.77. The van der Waals surface area contributed by atoms with Crippen LogP contribution in [0.3, 0.4) is 0 Å². The van der Waals surface area contributed by atoms with Gasteiger partial charge in [0, 0.05) is 32.7 Å². The molecule has 0 bridgehead atoms. The second-order valence-corrected chi connectivity index (χ2v) is 6.80. The predicted octanol–water partition coefficient (Wildman–Crippen LogP) is 3.82. The largest absolute Gasteiger partial charge is 0.491 e. The summed E-state index contributed by atoms with van der Waals surface area (Å²) in [7, 11) is 0. The first-order valence-corrected chi connectivity index (χ1v) is 8.80. The third kappa shape index (κ3) is 5.13. The summed E-state index contributed by atoms with van der Waals surface area (Å²) in [5.74, 6) is 0.762. The van der Waals surface area contributed by atoms with Crippen LogP contribution in [0.4, 0.5) is 0 Å². The van der Waals surface area contributed by atoms with Gasteiger partial charge in [0.05, 0.1) is 16.1 Å². The molecule has 0 amide bonds. The van der Waals surface area contributed by atoms with Crippen LogP contribution in [0.25, 0.3) is 0 Å². The fourth-order valence-electron chi connectivity index (χ4n) is 2.62. The summed E-state index contributed by atoms with van der Waals surface area (Å²) in [6.07, 6.45) is 1.03. The van der Waals surface area contributed by atoms with Crippen LogP contribution in [0.15, 0.2) is 16.6 Å². The van der Waals surface area contributed by atoms with Gasteiger partial charge in [0.2, 0.25) is 0 Å². The van der Waals surface area contributed by atoms with Crippen LogP contribution in [0.5, 0.6) is 5.75 Å². The number of benzene rings is 1. The van der Waals surface area contributed by atoms with Crippen LogP contribution in [0.1, 0.15) is 18.9 Å². The molecule has 0 radical (unpaired) electrons. The number of piperazine rings is 1. The lowest BCUT2D eigenvalue weighted by molar-refractivity contribution is 0.130. The minimum Gasteiger partial charge on any atom is -0.491 e. The smallest absolute Gasteiger partial charge is 0.152 e. The maximum absolute atomic E-state index is 6.22. The third-order valence-corrected chi connectivity index (χ3v) is 4.79. The first kappa shape index (κ1) is 17.1. The molecule has 0 unspecified atom stereocenters. The van der Waals surface area contributed by atoms with Crippen molar-refractivity contribution in [3.05, 3.63) is 27.2 Å². The highest BCUT2D eigenvalue weighted by Gasteiger charge is 2.15. The Labute approximate surface area is 141 Å². The first-order valence-electron chi connectivity index (χ1n) is 7.63. The van der Waals surface area contributed by atoms with E-state index in [1.54, 1.807) is 0 Å². The molecule has 0 saturated carbocycles. The topological polar surface area (TPSA) is 15.7 Å². The minimum atomic E-state index is 0.679. The van der Waals surface area contributed by atoms with Crippen LogP contribution in [0.2, 0.25) is 5.02 Å². The molecule has 0 aliphatic carbocycles. The minimum absolute atomic E-state index is 0.679. The summed E-state index contributed by atoms with van der Waals surface area (Å²) in [5.41, 5.74) is 1.13. The van der Waals surface area contributed by atoms with Crippen molar-refractivity contribution >= 4 is 27.5 Å². The maximum Gasteiger partial charge on any atom is 0.152 e. The number of halogens is 2. The lowest BCUT2D eigenvalue weighted by atomic mass is 10.2. The van der Waals surface area contributed by atoms with Crippen molar-refractivity contribution < 1.29 is 4.74 Å². The summed E-state index contributed by atoms with van der Waals surface area (Å²) in [6.45, 7) is 11.9. The quantitative estimate of drug-likeness (QED) is 0.703. The Hall–Kier alpha value is -0.290. The van der Waals surface area contributed by atoms with Crippen molar-refractivity contribution in [2.75, 3.05) is 45.9 Å². The Morgan fingerprint density at radius 3 is 2.48 bits per heavy atom. The molecule has 1 fully saturated rings. The van der Waals surface area contributed by atoms with Crippen molar-refractivity contribution in [3.63, 3.8) is 0 Å². The predicted molar refractivity (Wildman–Crippen MR) is 92.6 cm³/mol. The molecule has 0 atom stereocenters. The first-order chi connectivity index (χ1) is 10.1. The molecule has 1 aliphatic rings. The zero-order chi connectivity index (χ0) is 15.2. The van der Waals surface area contributed by atoms with Gasteiger partial charge in [0.15, 0.2) is 5.75 Å². The lowest BCUT2D eigenvalue weighted by Gasteiger charge is -2.33. The van der Waals surface area contributed by atoms with E-state index in [9.17, 15) is 0 Å². The van der Waals surface area contributed by atoms with Crippen LogP contribution < -0.4 is 4.74 Å². The van der Waals surface area contributed by atoms with Gasteiger partial charge in [-0.1, -0.05) is 18.5 Å². The Morgan fingerprint density at radius 1 is 1.19 bits per heavy atom. The van der Waals surface area contributed by atoms with Crippen molar-refractivity contribution in [2.45, 2.75) is 20.3 Å². The fourth-order valence-corrected chi connectivity index (χ4v) is 3.75. The molecular formula is C16H24BrClN2O. The van der Waals surface area contributed by atoms with Crippen LogP contribution in [-0.4, -0.2) is 55.7 Å². The van der Waals surface area contributed by atoms with E-state index < -0.39 is 0 Å². The molecule has 0 N–H and O–H groups in total. The molecule has 2 rings (SSSR count). The molecule has 1 saturated heterocycles. The Balaban J connectivity index is 1.71. The van der Waals surface area contributed by atoms with Gasteiger partial charge in [-0.05, 0) is 53.5 Å². The van der Waals surface area contributed by atoms with E-state index in [2.05, 4.69) is 32.7 Å². The Kier molecular flexibility index (Phi) is 6.80. The zero-order valence-corrected chi connectivity index (χ0v) is 15.2. The average molecular weight is 376 g/mol. The van der Waals surface area contributed by atoms with E-state index >= 15 is 0 Å². The van der Waals surface area contributed by atoms with Gasteiger partial charge < -0.3 is 14.5 Å². The third-order valence-electron chi connectivity index (χ3n) is 3.92. The molecule has 1 aliphatic heterocycles. The normalized spacial score (nSPS) is 17.1. The number of ether oxygens (including phenoxy) is 1. The maximum atomic E-state index is 6.22. The monoisotopic (exact) mass is 374 g/mol. The van der Waals surface area contributed by atoms with Gasteiger partial charge in [-0.3, -0.25) is 0 Å². The summed E-state index contributed by atoms with van der Waals surface area (Å²) >= 11 is 9.74. The summed E-state index contributed by atoms with van der Waals surface area (Å²) in [5, 5.41) is 0.679. The Morgan fingerprint density at radius 2 is 1.86 bits per heavy atom. The molecule has 0 aromatic heterocycles. The zero-order valence-electron chi connectivity index (χ0n) is 12.9. The van der Waals surface area contributed by atoms with E-state index in [4.69, 9.17) is 16.3 Å². The standard InChI is InChI=1S/C16H24BrClN2O/c1-3-19-6-8-20(9-7-19)5-4-10-21-16-14(17)11-13(2)12-15(16)18/h11-12H,3-10H2,1-2H3. The second kappa shape index (κ2) is 8.37. The van der Waals surface area contributed by atoms with Gasteiger partial charge in [0.1, 0.15) is 0 Å². The molecule has 1 aromatic rings. The highest BCUT2D eigenvalue weighted by Crippen LogP contribution is 2.34. The van der Waals surface area contributed by atoms with E-state index in [-0.39, 0.29) is 0 Å². The number of nitrogens with zero attached hydrogens (tertiary/aromatic N) is 2. The van der Waals surface area contributed by atoms with Crippen LogP contribution >= 0.6 is 27.5 Å². The van der Waals surface area contributed by atoms with Crippen molar-refractivity contribution in [1.82, 2.24) is 9.80 Å². The van der Waals surface area contributed by atoms with Gasteiger partial charge in [-0.25, -0.2) is 0 Å². The van der Waals surface area contributed by atoms with Gasteiger partial charge >= 0.3 is 0 Å². The number of rotatable bonds is 6. The molecule has 1 heterocycles. The highest BCUT2D eigenvalue weighted by atomic mass is 79.9. The second-order valence-electron chi connectivity index (χ2n) is 5.54. The summed E-state index contributed by atoms with van der Waals surface area (Å²) in [6, 6.07) is 3.97. The van der Waals surface area contributed by atoms with Crippen molar-refractivity contribution in [1.29, 1.82) is 0 Å². The van der Waals surface area contributed by atoms with Gasteiger partial charge in [-0.15, -0.1) is 0 Å².